The fourth-order valence-corrected chi connectivity index (χ4v) is 3.92. The number of aromatic nitrogens is 2. The third-order valence-electron chi connectivity index (χ3n) is 5.42. The Labute approximate surface area is 189 Å². The number of fused-ring (bicyclic) bond motifs is 1. The predicted molar refractivity (Wildman–Crippen MR) is 126 cm³/mol. The second kappa shape index (κ2) is 10.2. The first-order chi connectivity index (χ1) is 15.6. The van der Waals surface area contributed by atoms with Crippen molar-refractivity contribution in [3.8, 4) is 11.5 Å². The van der Waals surface area contributed by atoms with Crippen LogP contribution >= 0.6 is 0 Å². The highest BCUT2D eigenvalue weighted by Gasteiger charge is 2.21. The van der Waals surface area contributed by atoms with Crippen molar-refractivity contribution in [1.29, 1.82) is 0 Å². The van der Waals surface area contributed by atoms with Crippen LogP contribution in [0.4, 0.5) is 0 Å². The van der Waals surface area contributed by atoms with Gasteiger partial charge in [-0.2, -0.15) is 0 Å². The SMILES string of the molecule is CCOc1cc2c(cc1CNC(=NC)NCc1cccc(Cn3ccnc3)c1)OC(C)C2. The van der Waals surface area contributed by atoms with E-state index < -0.39 is 0 Å². The lowest BCUT2D eigenvalue weighted by atomic mass is 10.1. The van der Waals surface area contributed by atoms with Crippen LogP contribution < -0.4 is 20.1 Å². The Bertz CT molecular complexity index is 1060. The molecule has 2 aromatic carbocycles. The zero-order valence-electron chi connectivity index (χ0n) is 19.0. The molecule has 7 heteroatoms. The molecule has 0 amide bonds. The van der Waals surface area contributed by atoms with Crippen molar-refractivity contribution in [1.82, 2.24) is 20.2 Å². The van der Waals surface area contributed by atoms with Crippen LogP contribution in [-0.2, 0) is 26.1 Å². The minimum atomic E-state index is 0.210. The molecular formula is C25H31N5O2. The average Bonchev–Trinajstić information content (AvgIpc) is 3.42. The van der Waals surface area contributed by atoms with Gasteiger partial charge in [0, 0.05) is 56.6 Å². The number of benzene rings is 2. The van der Waals surface area contributed by atoms with Crippen LogP contribution in [0.3, 0.4) is 0 Å². The van der Waals surface area contributed by atoms with E-state index in [4.69, 9.17) is 9.47 Å². The van der Waals surface area contributed by atoms with Crippen molar-refractivity contribution in [2.45, 2.75) is 46.0 Å². The summed E-state index contributed by atoms with van der Waals surface area (Å²) >= 11 is 0. The molecule has 0 bridgehead atoms. The van der Waals surface area contributed by atoms with Gasteiger partial charge in [-0.3, -0.25) is 4.99 Å². The van der Waals surface area contributed by atoms with Crippen LogP contribution in [0.2, 0.25) is 0 Å². The summed E-state index contributed by atoms with van der Waals surface area (Å²) in [5, 5.41) is 6.80. The summed E-state index contributed by atoms with van der Waals surface area (Å²) < 4.78 is 13.9. The standard InChI is InChI=1S/C25H31N5O2/c1-4-31-23-12-21-10-18(2)32-24(21)13-22(23)15-29-25(26-3)28-14-19-6-5-7-20(11-19)16-30-9-8-27-17-30/h5-9,11-13,17-18H,4,10,14-16H2,1-3H3,(H2,26,28,29). The molecule has 0 saturated heterocycles. The van der Waals surface area contributed by atoms with Gasteiger partial charge in [-0.15, -0.1) is 0 Å². The highest BCUT2D eigenvalue weighted by Crippen LogP contribution is 2.35. The zero-order chi connectivity index (χ0) is 22.3. The van der Waals surface area contributed by atoms with Crippen molar-refractivity contribution < 1.29 is 9.47 Å². The van der Waals surface area contributed by atoms with Crippen LogP contribution in [0.25, 0.3) is 0 Å². The maximum atomic E-state index is 5.93. The molecule has 0 spiro atoms. The lowest BCUT2D eigenvalue weighted by molar-refractivity contribution is 0.254. The van der Waals surface area contributed by atoms with E-state index in [0.29, 0.717) is 19.7 Å². The van der Waals surface area contributed by atoms with Gasteiger partial charge >= 0.3 is 0 Å². The number of aliphatic imine (C=N–C) groups is 1. The summed E-state index contributed by atoms with van der Waals surface area (Å²) in [6.45, 7) is 6.81. The Morgan fingerprint density at radius 2 is 2.06 bits per heavy atom. The van der Waals surface area contributed by atoms with E-state index in [1.807, 2.05) is 19.4 Å². The molecule has 1 aromatic heterocycles. The van der Waals surface area contributed by atoms with E-state index >= 15 is 0 Å². The second-order valence-corrected chi connectivity index (χ2v) is 7.97. The number of nitrogens with one attached hydrogen (secondary N) is 2. The topological polar surface area (TPSA) is 72.7 Å². The second-order valence-electron chi connectivity index (χ2n) is 7.97. The average molecular weight is 434 g/mol. The van der Waals surface area contributed by atoms with Gasteiger partial charge < -0.3 is 24.7 Å². The van der Waals surface area contributed by atoms with Crippen LogP contribution in [0, 0.1) is 0 Å². The first-order valence-electron chi connectivity index (χ1n) is 11.1. The van der Waals surface area contributed by atoms with E-state index in [9.17, 15) is 0 Å². The number of hydrogen-bond acceptors (Lipinski definition) is 4. The lowest BCUT2D eigenvalue weighted by Crippen LogP contribution is -2.36. The molecule has 168 valence electrons. The third kappa shape index (κ3) is 5.41. The number of guanidine groups is 1. The molecular weight excluding hydrogens is 402 g/mol. The Balaban J connectivity index is 1.36. The molecule has 2 N–H and O–H groups in total. The maximum absolute atomic E-state index is 5.93. The van der Waals surface area contributed by atoms with Gasteiger partial charge in [0.25, 0.3) is 0 Å². The largest absolute Gasteiger partial charge is 0.494 e. The zero-order valence-corrected chi connectivity index (χ0v) is 19.0. The maximum Gasteiger partial charge on any atom is 0.191 e. The molecule has 2 heterocycles. The van der Waals surface area contributed by atoms with Crippen LogP contribution in [0.5, 0.6) is 11.5 Å². The van der Waals surface area contributed by atoms with Gasteiger partial charge in [0.1, 0.15) is 17.6 Å². The fourth-order valence-electron chi connectivity index (χ4n) is 3.92. The molecule has 1 unspecified atom stereocenters. The molecule has 1 aliphatic heterocycles. The van der Waals surface area contributed by atoms with E-state index in [1.165, 1.54) is 16.7 Å². The summed E-state index contributed by atoms with van der Waals surface area (Å²) in [7, 11) is 1.78. The van der Waals surface area contributed by atoms with Crippen molar-refractivity contribution in [3.63, 3.8) is 0 Å². The van der Waals surface area contributed by atoms with E-state index in [1.54, 1.807) is 13.2 Å². The Morgan fingerprint density at radius 3 is 2.84 bits per heavy atom. The van der Waals surface area contributed by atoms with Gasteiger partial charge in [-0.05, 0) is 37.1 Å². The third-order valence-corrected chi connectivity index (χ3v) is 5.42. The van der Waals surface area contributed by atoms with Gasteiger partial charge in [-0.1, -0.05) is 24.3 Å². The molecule has 3 aromatic rings. The number of imidazole rings is 1. The summed E-state index contributed by atoms with van der Waals surface area (Å²) in [6.07, 6.45) is 6.73. The minimum Gasteiger partial charge on any atom is -0.494 e. The quantitative estimate of drug-likeness (QED) is 0.420. The fraction of sp³-hybridized carbons (Fsp3) is 0.360. The number of ether oxygens (including phenoxy) is 2. The number of nitrogens with zero attached hydrogens (tertiary/aromatic N) is 3. The van der Waals surface area contributed by atoms with Crippen molar-refractivity contribution in [2.24, 2.45) is 4.99 Å². The molecule has 0 aliphatic carbocycles. The van der Waals surface area contributed by atoms with Crippen LogP contribution in [0.1, 0.15) is 36.1 Å². The van der Waals surface area contributed by atoms with Gasteiger partial charge in [-0.25, -0.2) is 4.98 Å². The molecule has 1 aliphatic rings. The molecule has 0 fully saturated rings. The normalized spacial score (nSPS) is 15.2. The Hall–Kier alpha value is -3.48. The Kier molecular flexibility index (Phi) is 6.94. The van der Waals surface area contributed by atoms with Crippen molar-refractivity contribution >= 4 is 5.96 Å². The smallest absolute Gasteiger partial charge is 0.191 e. The van der Waals surface area contributed by atoms with E-state index in [0.717, 1.165) is 36.0 Å². The summed E-state index contributed by atoms with van der Waals surface area (Å²) in [6, 6.07) is 12.7. The molecule has 7 nitrogen and oxygen atoms in total. The molecule has 0 radical (unpaired) electrons. The predicted octanol–water partition coefficient (Wildman–Crippen LogP) is 3.52. The first-order valence-corrected chi connectivity index (χ1v) is 11.1. The summed E-state index contributed by atoms with van der Waals surface area (Å²) in [4.78, 5) is 8.48. The van der Waals surface area contributed by atoms with Crippen molar-refractivity contribution in [3.05, 3.63) is 77.4 Å². The summed E-state index contributed by atoms with van der Waals surface area (Å²) in [5.41, 5.74) is 4.70. The van der Waals surface area contributed by atoms with Gasteiger partial charge in [0.15, 0.2) is 5.96 Å². The van der Waals surface area contributed by atoms with E-state index in [-0.39, 0.29) is 6.10 Å². The van der Waals surface area contributed by atoms with Crippen LogP contribution in [0.15, 0.2) is 60.1 Å². The molecule has 0 saturated carbocycles. The first kappa shape index (κ1) is 21.7. The molecule has 32 heavy (non-hydrogen) atoms. The minimum absolute atomic E-state index is 0.210. The molecule has 1 atom stereocenters. The monoisotopic (exact) mass is 433 g/mol. The molecule has 4 rings (SSSR count). The van der Waals surface area contributed by atoms with Crippen molar-refractivity contribution in [2.75, 3.05) is 13.7 Å². The van der Waals surface area contributed by atoms with Gasteiger partial charge in [0.05, 0.1) is 12.9 Å². The highest BCUT2D eigenvalue weighted by atomic mass is 16.5. The van der Waals surface area contributed by atoms with E-state index in [2.05, 4.69) is 68.5 Å². The van der Waals surface area contributed by atoms with Gasteiger partial charge in [0.2, 0.25) is 0 Å². The summed E-state index contributed by atoms with van der Waals surface area (Å²) in [5.74, 6) is 2.59. The van der Waals surface area contributed by atoms with Crippen LogP contribution in [-0.4, -0.2) is 35.3 Å². The number of rotatable bonds is 8. The Morgan fingerprint density at radius 1 is 1.22 bits per heavy atom. The highest BCUT2D eigenvalue weighted by molar-refractivity contribution is 5.79. The lowest BCUT2D eigenvalue weighted by Gasteiger charge is -2.16. The number of hydrogen-bond donors (Lipinski definition) is 2.